The topological polar surface area (TPSA) is 15.3 Å². The number of hydrogen-bond acceptors (Lipinski definition) is 2. The predicted molar refractivity (Wildman–Crippen MR) is 93.2 cm³/mol. The lowest BCUT2D eigenvalue weighted by Crippen LogP contribution is -2.38. The number of rotatable bonds is 3. The summed E-state index contributed by atoms with van der Waals surface area (Å²) in [6.07, 6.45) is 1.33. The average molecular weight is 309 g/mol. The largest absolute Gasteiger partial charge is 0.371 e. The molecule has 21 heavy (non-hydrogen) atoms. The van der Waals surface area contributed by atoms with Gasteiger partial charge in [-0.1, -0.05) is 31.5 Å². The quantitative estimate of drug-likeness (QED) is 0.870. The Kier molecular flexibility index (Phi) is 5.21. The van der Waals surface area contributed by atoms with Gasteiger partial charge in [0.2, 0.25) is 0 Å². The second-order valence-corrected chi connectivity index (χ2v) is 8.14. The fourth-order valence-corrected chi connectivity index (χ4v) is 3.35. The predicted octanol–water partition coefficient (Wildman–Crippen LogP) is 4.71. The fourth-order valence-electron chi connectivity index (χ4n) is 3.11. The highest BCUT2D eigenvalue weighted by molar-refractivity contribution is 6.31. The van der Waals surface area contributed by atoms with Gasteiger partial charge in [0, 0.05) is 35.9 Å². The molecule has 1 fully saturated rings. The molecule has 1 aliphatic heterocycles. The zero-order valence-corrected chi connectivity index (χ0v) is 14.8. The number of anilines is 1. The summed E-state index contributed by atoms with van der Waals surface area (Å²) in [4.78, 5) is 2.48. The molecule has 2 rings (SSSR count). The van der Waals surface area contributed by atoms with Crippen molar-refractivity contribution in [3.63, 3.8) is 0 Å². The number of hydrogen-bond donors (Lipinski definition) is 1. The molecule has 2 unspecified atom stereocenters. The highest BCUT2D eigenvalue weighted by Gasteiger charge is 2.22. The van der Waals surface area contributed by atoms with Gasteiger partial charge in [0.05, 0.1) is 0 Å². The van der Waals surface area contributed by atoms with E-state index >= 15 is 0 Å². The molecule has 118 valence electrons. The van der Waals surface area contributed by atoms with Crippen LogP contribution in [-0.4, -0.2) is 18.6 Å². The SMILES string of the molecule is CC1CC(C)CN(c2ccc(CNC(C)(C)C)c(Cl)c2)C1. The van der Waals surface area contributed by atoms with Crippen LogP contribution >= 0.6 is 11.6 Å². The standard InChI is InChI=1S/C18H29ClN2/c1-13-8-14(2)12-21(11-13)16-7-6-15(17(19)9-16)10-20-18(3,4)5/h6-7,9,13-14,20H,8,10-12H2,1-5H3. The monoisotopic (exact) mass is 308 g/mol. The molecule has 1 aliphatic rings. The summed E-state index contributed by atoms with van der Waals surface area (Å²) in [7, 11) is 0. The minimum atomic E-state index is 0.111. The zero-order valence-electron chi connectivity index (χ0n) is 14.0. The Labute approximate surface area is 134 Å². The molecule has 1 saturated heterocycles. The van der Waals surface area contributed by atoms with E-state index in [1.54, 1.807) is 0 Å². The van der Waals surface area contributed by atoms with Crippen LogP contribution < -0.4 is 10.2 Å². The van der Waals surface area contributed by atoms with E-state index in [4.69, 9.17) is 11.6 Å². The Hall–Kier alpha value is -0.730. The van der Waals surface area contributed by atoms with E-state index in [1.165, 1.54) is 17.7 Å². The summed E-state index contributed by atoms with van der Waals surface area (Å²) < 4.78 is 0. The van der Waals surface area contributed by atoms with E-state index in [0.717, 1.165) is 36.5 Å². The maximum Gasteiger partial charge on any atom is 0.0471 e. The molecule has 1 heterocycles. The van der Waals surface area contributed by atoms with Crippen molar-refractivity contribution < 1.29 is 0 Å². The molecule has 0 radical (unpaired) electrons. The molecular weight excluding hydrogens is 280 g/mol. The lowest BCUT2D eigenvalue weighted by Gasteiger charge is -2.36. The fraction of sp³-hybridized carbons (Fsp3) is 0.667. The molecule has 0 aromatic heterocycles. The lowest BCUT2D eigenvalue weighted by molar-refractivity contribution is 0.357. The molecule has 2 atom stereocenters. The number of nitrogens with zero attached hydrogens (tertiary/aromatic N) is 1. The zero-order chi connectivity index (χ0) is 15.6. The van der Waals surface area contributed by atoms with Gasteiger partial charge in [0.15, 0.2) is 0 Å². The summed E-state index contributed by atoms with van der Waals surface area (Å²) in [5, 5.41) is 4.36. The maximum absolute atomic E-state index is 6.48. The van der Waals surface area contributed by atoms with Crippen LogP contribution in [0.4, 0.5) is 5.69 Å². The van der Waals surface area contributed by atoms with Crippen LogP contribution in [0.25, 0.3) is 0 Å². The molecular formula is C18H29ClN2. The molecule has 2 nitrogen and oxygen atoms in total. The van der Waals surface area contributed by atoms with Crippen LogP contribution in [0.2, 0.25) is 5.02 Å². The summed E-state index contributed by atoms with van der Waals surface area (Å²) in [6.45, 7) is 14.3. The van der Waals surface area contributed by atoms with Crippen LogP contribution in [0.1, 0.15) is 46.6 Å². The van der Waals surface area contributed by atoms with Crippen molar-refractivity contribution in [1.82, 2.24) is 5.32 Å². The summed E-state index contributed by atoms with van der Waals surface area (Å²) in [5.41, 5.74) is 2.55. The van der Waals surface area contributed by atoms with Gasteiger partial charge in [-0.15, -0.1) is 0 Å². The first-order chi connectivity index (χ1) is 9.74. The van der Waals surface area contributed by atoms with Gasteiger partial charge >= 0.3 is 0 Å². The second kappa shape index (κ2) is 6.58. The van der Waals surface area contributed by atoms with Crippen molar-refractivity contribution in [2.75, 3.05) is 18.0 Å². The van der Waals surface area contributed by atoms with E-state index < -0.39 is 0 Å². The lowest BCUT2D eigenvalue weighted by atomic mass is 9.91. The third-order valence-electron chi connectivity index (χ3n) is 4.08. The van der Waals surface area contributed by atoms with Gasteiger partial charge in [0.1, 0.15) is 0 Å². The highest BCUT2D eigenvalue weighted by atomic mass is 35.5. The molecule has 0 bridgehead atoms. The van der Waals surface area contributed by atoms with E-state index in [9.17, 15) is 0 Å². The minimum Gasteiger partial charge on any atom is -0.371 e. The number of piperidine rings is 1. The summed E-state index contributed by atoms with van der Waals surface area (Å²) >= 11 is 6.48. The van der Waals surface area contributed by atoms with E-state index in [-0.39, 0.29) is 5.54 Å². The first-order valence-electron chi connectivity index (χ1n) is 8.03. The molecule has 1 N–H and O–H groups in total. The van der Waals surface area contributed by atoms with Crippen LogP contribution in [0.15, 0.2) is 18.2 Å². The van der Waals surface area contributed by atoms with Crippen molar-refractivity contribution in [1.29, 1.82) is 0 Å². The normalized spacial score (nSPS) is 23.4. The van der Waals surface area contributed by atoms with Crippen LogP contribution in [0.3, 0.4) is 0 Å². The van der Waals surface area contributed by atoms with Crippen molar-refractivity contribution in [3.8, 4) is 0 Å². The first kappa shape index (κ1) is 16.6. The van der Waals surface area contributed by atoms with Gasteiger partial charge < -0.3 is 10.2 Å². The van der Waals surface area contributed by atoms with E-state index in [0.29, 0.717) is 0 Å². The van der Waals surface area contributed by atoms with Crippen molar-refractivity contribution in [2.24, 2.45) is 11.8 Å². The second-order valence-electron chi connectivity index (χ2n) is 7.73. The van der Waals surface area contributed by atoms with E-state index in [2.05, 4.69) is 63.0 Å². The Bertz CT molecular complexity index is 469. The van der Waals surface area contributed by atoms with Crippen molar-refractivity contribution >= 4 is 17.3 Å². The minimum absolute atomic E-state index is 0.111. The molecule has 0 amide bonds. The van der Waals surface area contributed by atoms with Gasteiger partial charge in [-0.25, -0.2) is 0 Å². The van der Waals surface area contributed by atoms with Crippen LogP contribution in [0, 0.1) is 11.8 Å². The number of benzene rings is 1. The highest BCUT2D eigenvalue weighted by Crippen LogP contribution is 2.29. The first-order valence-corrected chi connectivity index (χ1v) is 8.41. The smallest absolute Gasteiger partial charge is 0.0471 e. The van der Waals surface area contributed by atoms with Crippen LogP contribution in [0.5, 0.6) is 0 Å². The molecule has 1 aromatic rings. The molecule has 3 heteroatoms. The Morgan fingerprint density at radius 3 is 2.33 bits per heavy atom. The Morgan fingerprint density at radius 1 is 1.19 bits per heavy atom. The third kappa shape index (κ3) is 4.89. The van der Waals surface area contributed by atoms with E-state index in [1.807, 2.05) is 0 Å². The number of nitrogens with one attached hydrogen (secondary N) is 1. The molecule has 0 spiro atoms. The van der Waals surface area contributed by atoms with Gasteiger partial charge in [0.25, 0.3) is 0 Å². The van der Waals surface area contributed by atoms with Gasteiger partial charge in [-0.05, 0) is 56.7 Å². The maximum atomic E-state index is 6.48. The summed E-state index contributed by atoms with van der Waals surface area (Å²) in [6, 6.07) is 6.52. The molecule has 1 aromatic carbocycles. The van der Waals surface area contributed by atoms with Crippen LogP contribution in [-0.2, 0) is 6.54 Å². The Balaban J connectivity index is 2.08. The van der Waals surface area contributed by atoms with Gasteiger partial charge in [-0.3, -0.25) is 0 Å². The number of halogens is 1. The summed E-state index contributed by atoms with van der Waals surface area (Å²) in [5.74, 6) is 1.52. The molecule has 0 aliphatic carbocycles. The molecule has 0 saturated carbocycles. The average Bonchev–Trinajstić information content (AvgIpc) is 2.35. The Morgan fingerprint density at radius 2 is 1.81 bits per heavy atom. The van der Waals surface area contributed by atoms with Crippen molar-refractivity contribution in [3.05, 3.63) is 28.8 Å². The van der Waals surface area contributed by atoms with Gasteiger partial charge in [-0.2, -0.15) is 0 Å². The third-order valence-corrected chi connectivity index (χ3v) is 4.43. The van der Waals surface area contributed by atoms with Crippen molar-refractivity contribution in [2.45, 2.75) is 53.1 Å².